The van der Waals surface area contributed by atoms with Gasteiger partial charge in [-0.1, -0.05) is 34.8 Å². The molecule has 0 aliphatic carbocycles. The van der Waals surface area contributed by atoms with Crippen molar-refractivity contribution >= 4 is 46.5 Å². The first-order valence-electron chi connectivity index (χ1n) is 8.26. The molecule has 1 amide bonds. The van der Waals surface area contributed by atoms with Crippen LogP contribution in [0.5, 0.6) is 0 Å². The molecular weight excluding hydrogens is 440 g/mol. The maximum absolute atomic E-state index is 12.8. The summed E-state index contributed by atoms with van der Waals surface area (Å²) in [6, 6.07) is 3.84. The number of hydrogen-bond donors (Lipinski definition) is 0. The molecule has 1 aliphatic heterocycles. The lowest BCUT2D eigenvalue weighted by Gasteiger charge is -2.24. The Balaban J connectivity index is 1.75. The van der Waals surface area contributed by atoms with E-state index in [1.807, 2.05) is 0 Å². The number of halogens is 6. The molecule has 0 aromatic carbocycles. The van der Waals surface area contributed by atoms with E-state index in [-0.39, 0.29) is 32.6 Å². The predicted octanol–water partition coefficient (Wildman–Crippen LogP) is 4.81. The van der Waals surface area contributed by atoms with Gasteiger partial charge >= 0.3 is 6.18 Å². The van der Waals surface area contributed by atoms with Gasteiger partial charge < -0.3 is 9.80 Å². The number of amides is 1. The normalized spacial score (nSPS) is 15.5. The van der Waals surface area contributed by atoms with E-state index in [1.54, 1.807) is 9.80 Å². The average molecular weight is 454 g/mol. The Labute approximate surface area is 174 Å². The Morgan fingerprint density at radius 3 is 2.46 bits per heavy atom. The molecular formula is C17H14Cl3F3N4O. The molecule has 3 rings (SSSR count). The minimum absolute atomic E-state index is 0.0632. The van der Waals surface area contributed by atoms with Crippen LogP contribution in [-0.4, -0.2) is 47.0 Å². The van der Waals surface area contributed by atoms with Crippen LogP contribution in [0.2, 0.25) is 15.2 Å². The van der Waals surface area contributed by atoms with E-state index in [0.29, 0.717) is 32.6 Å². The lowest BCUT2D eigenvalue weighted by Crippen LogP contribution is -2.36. The van der Waals surface area contributed by atoms with E-state index in [1.165, 1.54) is 12.1 Å². The fourth-order valence-corrected chi connectivity index (χ4v) is 3.49. The number of hydrogen-bond acceptors (Lipinski definition) is 4. The fraction of sp³-hybridized carbons (Fsp3) is 0.353. The number of nitrogens with zero attached hydrogens (tertiary/aromatic N) is 4. The zero-order valence-electron chi connectivity index (χ0n) is 14.3. The largest absolute Gasteiger partial charge is 0.417 e. The van der Waals surface area contributed by atoms with Crippen molar-refractivity contribution in [2.75, 3.05) is 31.1 Å². The van der Waals surface area contributed by atoms with E-state index in [0.717, 1.165) is 12.3 Å². The van der Waals surface area contributed by atoms with Crippen molar-refractivity contribution in [1.82, 2.24) is 14.9 Å². The van der Waals surface area contributed by atoms with Crippen molar-refractivity contribution in [1.29, 1.82) is 0 Å². The summed E-state index contributed by atoms with van der Waals surface area (Å²) in [6.45, 7) is 1.57. The summed E-state index contributed by atoms with van der Waals surface area (Å²) < 4.78 is 38.4. The molecule has 150 valence electrons. The second-order valence-electron chi connectivity index (χ2n) is 6.12. The first-order valence-corrected chi connectivity index (χ1v) is 9.39. The highest BCUT2D eigenvalue weighted by atomic mass is 35.5. The second kappa shape index (κ2) is 8.31. The zero-order valence-corrected chi connectivity index (χ0v) is 16.6. The van der Waals surface area contributed by atoms with Gasteiger partial charge in [0.05, 0.1) is 15.6 Å². The summed E-state index contributed by atoms with van der Waals surface area (Å²) in [5.74, 6) is -0.108. The van der Waals surface area contributed by atoms with Crippen molar-refractivity contribution in [2.45, 2.75) is 12.6 Å². The number of rotatable bonds is 2. The van der Waals surface area contributed by atoms with Crippen LogP contribution >= 0.6 is 34.8 Å². The molecule has 28 heavy (non-hydrogen) atoms. The number of anilines is 1. The molecule has 1 aliphatic rings. The zero-order chi connectivity index (χ0) is 20.5. The second-order valence-corrected chi connectivity index (χ2v) is 7.33. The third kappa shape index (κ3) is 4.61. The lowest BCUT2D eigenvalue weighted by molar-refractivity contribution is -0.137. The van der Waals surface area contributed by atoms with Crippen LogP contribution in [0.25, 0.3) is 0 Å². The van der Waals surface area contributed by atoms with E-state index in [9.17, 15) is 18.0 Å². The Hall–Kier alpha value is -1.77. The van der Waals surface area contributed by atoms with Gasteiger partial charge in [-0.3, -0.25) is 4.79 Å². The topological polar surface area (TPSA) is 49.3 Å². The number of alkyl halides is 3. The molecule has 0 atom stereocenters. The molecule has 3 heterocycles. The van der Waals surface area contributed by atoms with E-state index in [4.69, 9.17) is 34.8 Å². The summed E-state index contributed by atoms with van der Waals surface area (Å²) in [5.41, 5.74) is -0.845. The molecule has 2 aromatic heterocycles. The van der Waals surface area contributed by atoms with Crippen molar-refractivity contribution in [3.63, 3.8) is 0 Å². The van der Waals surface area contributed by atoms with Gasteiger partial charge in [0.2, 0.25) is 0 Å². The Morgan fingerprint density at radius 2 is 1.79 bits per heavy atom. The molecule has 0 spiro atoms. The van der Waals surface area contributed by atoms with E-state index < -0.39 is 11.7 Å². The lowest BCUT2D eigenvalue weighted by atomic mass is 10.2. The van der Waals surface area contributed by atoms with Crippen LogP contribution in [0.3, 0.4) is 0 Å². The Bertz CT molecular complexity index is 894. The van der Waals surface area contributed by atoms with Gasteiger partial charge in [-0.15, -0.1) is 0 Å². The standard InChI is InChI=1S/C17H14Cl3F3N4O/c18-11-2-3-13(20)25-14(11)16(28)27-5-1-4-26(6-7-27)15-12(19)8-10(9-24-15)17(21,22)23/h2-3,8-9H,1,4-7H2. The van der Waals surface area contributed by atoms with Crippen LogP contribution in [0.4, 0.5) is 19.0 Å². The Kier molecular flexibility index (Phi) is 6.21. The van der Waals surface area contributed by atoms with Crippen LogP contribution in [0.15, 0.2) is 24.4 Å². The van der Waals surface area contributed by atoms with Gasteiger partial charge in [0.15, 0.2) is 0 Å². The summed E-state index contributed by atoms with van der Waals surface area (Å²) in [5, 5.41) is 0.266. The van der Waals surface area contributed by atoms with Gasteiger partial charge in [0.1, 0.15) is 16.7 Å². The Morgan fingerprint density at radius 1 is 1.04 bits per heavy atom. The highest BCUT2D eigenvalue weighted by Crippen LogP contribution is 2.33. The molecule has 1 saturated heterocycles. The molecule has 0 unspecified atom stereocenters. The van der Waals surface area contributed by atoms with E-state index in [2.05, 4.69) is 9.97 Å². The molecule has 11 heteroatoms. The monoisotopic (exact) mass is 452 g/mol. The third-order valence-electron chi connectivity index (χ3n) is 4.25. The third-order valence-corrected chi connectivity index (χ3v) is 5.04. The van der Waals surface area contributed by atoms with Crippen LogP contribution in [0.1, 0.15) is 22.5 Å². The van der Waals surface area contributed by atoms with E-state index >= 15 is 0 Å². The molecule has 5 nitrogen and oxygen atoms in total. The average Bonchev–Trinajstić information content (AvgIpc) is 2.88. The van der Waals surface area contributed by atoms with Gasteiger partial charge in [-0.2, -0.15) is 13.2 Å². The van der Waals surface area contributed by atoms with Crippen molar-refractivity contribution in [2.24, 2.45) is 0 Å². The van der Waals surface area contributed by atoms with Gasteiger partial charge in [-0.25, -0.2) is 9.97 Å². The first-order chi connectivity index (χ1) is 13.2. The fourth-order valence-electron chi connectivity index (χ4n) is 2.87. The number of carbonyl (C=O) groups is 1. The van der Waals surface area contributed by atoms with Gasteiger partial charge in [-0.05, 0) is 24.6 Å². The van der Waals surface area contributed by atoms with Crippen molar-refractivity contribution in [3.8, 4) is 0 Å². The maximum atomic E-state index is 12.8. The van der Waals surface area contributed by atoms with Crippen molar-refractivity contribution in [3.05, 3.63) is 50.9 Å². The molecule has 1 fully saturated rings. The maximum Gasteiger partial charge on any atom is 0.417 e. The molecule has 0 radical (unpaired) electrons. The predicted molar refractivity (Wildman–Crippen MR) is 101 cm³/mol. The van der Waals surface area contributed by atoms with Crippen LogP contribution < -0.4 is 4.90 Å². The van der Waals surface area contributed by atoms with Crippen LogP contribution in [0, 0.1) is 0 Å². The SMILES string of the molecule is O=C(c1nc(Cl)ccc1Cl)N1CCCN(c2ncc(C(F)(F)F)cc2Cl)CC1. The number of aromatic nitrogens is 2. The van der Waals surface area contributed by atoms with Gasteiger partial charge in [0.25, 0.3) is 5.91 Å². The number of pyridine rings is 2. The minimum atomic E-state index is -4.51. The van der Waals surface area contributed by atoms with Crippen LogP contribution in [-0.2, 0) is 6.18 Å². The summed E-state index contributed by atoms with van der Waals surface area (Å²) in [7, 11) is 0. The molecule has 0 N–H and O–H groups in total. The van der Waals surface area contributed by atoms with Crippen molar-refractivity contribution < 1.29 is 18.0 Å². The molecule has 0 saturated carbocycles. The quantitative estimate of drug-likeness (QED) is 0.613. The molecule has 2 aromatic rings. The smallest absolute Gasteiger partial charge is 0.354 e. The highest BCUT2D eigenvalue weighted by Gasteiger charge is 2.32. The molecule has 0 bridgehead atoms. The summed E-state index contributed by atoms with van der Waals surface area (Å²) in [4.78, 5) is 23.9. The highest BCUT2D eigenvalue weighted by molar-refractivity contribution is 6.34. The minimum Gasteiger partial charge on any atom is -0.354 e. The first kappa shape index (κ1) is 21.0. The number of carbonyl (C=O) groups excluding carboxylic acids is 1. The summed E-state index contributed by atoms with van der Waals surface area (Å²) >= 11 is 17.9. The summed E-state index contributed by atoms with van der Waals surface area (Å²) in [6.07, 6.45) is -3.19. The van der Waals surface area contributed by atoms with Gasteiger partial charge in [0, 0.05) is 32.4 Å².